The van der Waals surface area contributed by atoms with Gasteiger partial charge in [-0.1, -0.05) is 11.8 Å². The summed E-state index contributed by atoms with van der Waals surface area (Å²) in [4.78, 5) is 28.6. The second-order valence-corrected chi connectivity index (χ2v) is 5.25. The van der Waals surface area contributed by atoms with Crippen LogP contribution in [0.3, 0.4) is 0 Å². The third-order valence-electron chi connectivity index (χ3n) is 3.00. The fourth-order valence-electron chi connectivity index (χ4n) is 1.95. The monoisotopic (exact) mass is 303 g/mol. The lowest BCUT2D eigenvalue weighted by Gasteiger charge is -2.09. The van der Waals surface area contributed by atoms with E-state index in [0.717, 1.165) is 22.1 Å². The fraction of sp³-hybridized carbons (Fsp3) is 0.357. The highest BCUT2D eigenvalue weighted by atomic mass is 32.2. The molecule has 2 aromatic rings. The average molecular weight is 303 g/mol. The summed E-state index contributed by atoms with van der Waals surface area (Å²) < 4.78 is 0. The van der Waals surface area contributed by atoms with Gasteiger partial charge in [-0.05, 0) is 38.2 Å². The summed E-state index contributed by atoms with van der Waals surface area (Å²) in [7, 11) is 0. The molecule has 0 aliphatic rings. The molecule has 2 heterocycles. The van der Waals surface area contributed by atoms with Crippen molar-refractivity contribution in [3.05, 3.63) is 35.4 Å². The molecule has 1 N–H and O–H groups in total. The van der Waals surface area contributed by atoms with Crippen molar-refractivity contribution in [1.29, 1.82) is 0 Å². The molecule has 0 radical (unpaired) electrons. The van der Waals surface area contributed by atoms with Gasteiger partial charge in [0.25, 0.3) is 0 Å². The second kappa shape index (κ2) is 7.12. The van der Waals surface area contributed by atoms with Crippen molar-refractivity contribution in [3.8, 4) is 0 Å². The van der Waals surface area contributed by atoms with Crippen LogP contribution in [0.1, 0.15) is 23.4 Å². The van der Waals surface area contributed by atoms with Crippen LogP contribution in [0.5, 0.6) is 0 Å². The third kappa shape index (κ3) is 4.22. The van der Waals surface area contributed by atoms with E-state index in [-0.39, 0.29) is 5.91 Å². The Kier molecular flexibility index (Phi) is 5.21. The maximum atomic E-state index is 11.9. The zero-order valence-electron chi connectivity index (χ0n) is 12.3. The third-order valence-corrected chi connectivity index (χ3v) is 3.55. The molecule has 0 saturated heterocycles. The van der Waals surface area contributed by atoms with Gasteiger partial charge in [0.15, 0.2) is 5.16 Å². The van der Waals surface area contributed by atoms with Gasteiger partial charge in [-0.3, -0.25) is 10.1 Å². The van der Waals surface area contributed by atoms with Gasteiger partial charge in [0.1, 0.15) is 0 Å². The number of amides is 1. The molecule has 2 rings (SSSR count). The summed E-state index contributed by atoms with van der Waals surface area (Å²) in [5.74, 6) is 0.207. The number of rotatable bonds is 5. The second-order valence-electron chi connectivity index (χ2n) is 4.48. The van der Waals surface area contributed by atoms with Crippen molar-refractivity contribution < 1.29 is 4.79 Å². The summed E-state index contributed by atoms with van der Waals surface area (Å²) in [5.41, 5.74) is 2.88. The molecule has 0 saturated carbocycles. The number of aromatic nitrogens is 4. The Hall–Kier alpha value is -2.02. The van der Waals surface area contributed by atoms with E-state index in [4.69, 9.17) is 0 Å². The lowest BCUT2D eigenvalue weighted by atomic mass is 10.1. The first-order valence-electron chi connectivity index (χ1n) is 6.55. The molecule has 1 amide bonds. The van der Waals surface area contributed by atoms with E-state index in [0.29, 0.717) is 18.8 Å². The maximum absolute atomic E-state index is 11.9. The molecular weight excluding hydrogens is 286 g/mol. The molecule has 110 valence electrons. The SMILES string of the molecule is CSc1nc(C)c(CCC(=O)Nc2ncccn2)c(C)n1. The Morgan fingerprint density at radius 3 is 2.38 bits per heavy atom. The van der Waals surface area contributed by atoms with E-state index in [1.165, 1.54) is 11.8 Å². The van der Waals surface area contributed by atoms with E-state index in [1.807, 2.05) is 20.1 Å². The number of thioether (sulfide) groups is 1. The van der Waals surface area contributed by atoms with Crippen LogP contribution in [0.2, 0.25) is 0 Å². The van der Waals surface area contributed by atoms with E-state index in [2.05, 4.69) is 25.3 Å². The van der Waals surface area contributed by atoms with Gasteiger partial charge in [-0.2, -0.15) is 0 Å². The van der Waals surface area contributed by atoms with Crippen molar-refractivity contribution in [1.82, 2.24) is 19.9 Å². The standard InChI is InChI=1S/C14H17N5OS/c1-9-11(10(2)18-14(17-9)21-3)5-6-12(20)19-13-15-7-4-8-16-13/h4,7-8H,5-6H2,1-3H3,(H,15,16,19,20). The summed E-state index contributed by atoms with van der Waals surface area (Å²) in [6.45, 7) is 3.89. The van der Waals surface area contributed by atoms with Crippen LogP contribution in [-0.4, -0.2) is 32.1 Å². The summed E-state index contributed by atoms with van der Waals surface area (Å²) in [6.07, 6.45) is 6.08. The maximum Gasteiger partial charge on any atom is 0.229 e. The lowest BCUT2D eigenvalue weighted by Crippen LogP contribution is -2.15. The molecule has 21 heavy (non-hydrogen) atoms. The minimum Gasteiger partial charge on any atom is -0.295 e. The molecule has 0 fully saturated rings. The number of aryl methyl sites for hydroxylation is 2. The normalized spacial score (nSPS) is 10.4. The van der Waals surface area contributed by atoms with Crippen LogP contribution < -0.4 is 5.32 Å². The van der Waals surface area contributed by atoms with Crippen molar-refractivity contribution in [2.75, 3.05) is 11.6 Å². The number of carbonyl (C=O) groups is 1. The lowest BCUT2D eigenvalue weighted by molar-refractivity contribution is -0.116. The highest BCUT2D eigenvalue weighted by Gasteiger charge is 2.11. The first kappa shape index (κ1) is 15.4. The number of hydrogen-bond donors (Lipinski definition) is 1. The van der Waals surface area contributed by atoms with E-state index < -0.39 is 0 Å². The van der Waals surface area contributed by atoms with Gasteiger partial charge in [-0.15, -0.1) is 0 Å². The first-order chi connectivity index (χ1) is 10.1. The predicted octanol–water partition coefficient (Wildman–Crippen LogP) is 2.18. The van der Waals surface area contributed by atoms with Gasteiger partial charge in [0, 0.05) is 30.2 Å². The quantitative estimate of drug-likeness (QED) is 0.673. The number of nitrogens with one attached hydrogen (secondary N) is 1. The van der Waals surface area contributed by atoms with Crippen LogP contribution in [0.4, 0.5) is 5.95 Å². The highest BCUT2D eigenvalue weighted by molar-refractivity contribution is 7.98. The molecule has 2 aromatic heterocycles. The number of nitrogens with zero attached hydrogens (tertiary/aromatic N) is 4. The van der Waals surface area contributed by atoms with Crippen LogP contribution in [0, 0.1) is 13.8 Å². The molecule has 6 nitrogen and oxygen atoms in total. The molecule has 0 bridgehead atoms. The van der Waals surface area contributed by atoms with Crippen molar-refractivity contribution >= 4 is 23.6 Å². The van der Waals surface area contributed by atoms with Crippen LogP contribution in [0.15, 0.2) is 23.6 Å². The predicted molar refractivity (Wildman–Crippen MR) is 82.3 cm³/mol. The van der Waals surface area contributed by atoms with Crippen molar-refractivity contribution in [2.45, 2.75) is 31.8 Å². The fourth-order valence-corrected chi connectivity index (χ4v) is 2.41. The van der Waals surface area contributed by atoms with E-state index in [9.17, 15) is 4.79 Å². The van der Waals surface area contributed by atoms with E-state index >= 15 is 0 Å². The van der Waals surface area contributed by atoms with Gasteiger partial charge >= 0.3 is 0 Å². The van der Waals surface area contributed by atoms with Gasteiger partial charge < -0.3 is 0 Å². The summed E-state index contributed by atoms with van der Waals surface area (Å²) in [5, 5.41) is 3.43. The molecule has 0 spiro atoms. The molecule has 7 heteroatoms. The molecule has 0 unspecified atom stereocenters. The summed E-state index contributed by atoms with van der Waals surface area (Å²) in [6, 6.07) is 1.70. The van der Waals surface area contributed by atoms with Crippen LogP contribution in [-0.2, 0) is 11.2 Å². The molecule has 0 aliphatic heterocycles. The Balaban J connectivity index is 1.98. The molecule has 0 aromatic carbocycles. The smallest absolute Gasteiger partial charge is 0.229 e. The Morgan fingerprint density at radius 1 is 1.19 bits per heavy atom. The average Bonchev–Trinajstić information content (AvgIpc) is 2.47. The zero-order chi connectivity index (χ0) is 15.2. The minimum absolute atomic E-state index is 0.117. The summed E-state index contributed by atoms with van der Waals surface area (Å²) >= 11 is 1.51. The zero-order valence-corrected chi connectivity index (χ0v) is 13.1. The number of hydrogen-bond acceptors (Lipinski definition) is 6. The van der Waals surface area contributed by atoms with Gasteiger partial charge in [-0.25, -0.2) is 19.9 Å². The first-order valence-corrected chi connectivity index (χ1v) is 7.77. The Labute approximate surface area is 127 Å². The van der Waals surface area contributed by atoms with Gasteiger partial charge in [0.05, 0.1) is 0 Å². The van der Waals surface area contributed by atoms with Crippen LogP contribution in [0.25, 0.3) is 0 Å². The largest absolute Gasteiger partial charge is 0.295 e. The molecule has 0 atom stereocenters. The van der Waals surface area contributed by atoms with Crippen molar-refractivity contribution in [3.63, 3.8) is 0 Å². The van der Waals surface area contributed by atoms with Crippen LogP contribution >= 0.6 is 11.8 Å². The van der Waals surface area contributed by atoms with Gasteiger partial charge in [0.2, 0.25) is 11.9 Å². The molecule has 0 aliphatic carbocycles. The topological polar surface area (TPSA) is 80.7 Å². The Bertz CT molecular complexity index is 610. The molecular formula is C14H17N5OS. The highest BCUT2D eigenvalue weighted by Crippen LogP contribution is 2.17. The Morgan fingerprint density at radius 2 is 1.81 bits per heavy atom. The van der Waals surface area contributed by atoms with E-state index in [1.54, 1.807) is 18.5 Å². The number of anilines is 1. The minimum atomic E-state index is -0.117. The number of carbonyl (C=O) groups excluding carboxylic acids is 1. The van der Waals surface area contributed by atoms with Crippen molar-refractivity contribution in [2.24, 2.45) is 0 Å².